The van der Waals surface area contributed by atoms with Crippen LogP contribution in [0.3, 0.4) is 0 Å². The molecule has 0 spiro atoms. The summed E-state index contributed by atoms with van der Waals surface area (Å²) in [5.74, 6) is 0.850. The lowest BCUT2D eigenvalue weighted by atomic mass is 9.97. The zero-order valence-corrected chi connectivity index (χ0v) is 12.3. The highest BCUT2D eigenvalue weighted by atomic mass is 79.9. The Kier molecular flexibility index (Phi) is 3.33. The van der Waals surface area contributed by atoms with E-state index in [4.69, 9.17) is 4.74 Å². The van der Waals surface area contributed by atoms with Crippen molar-refractivity contribution in [3.63, 3.8) is 0 Å². The van der Waals surface area contributed by atoms with Gasteiger partial charge < -0.3 is 9.84 Å². The van der Waals surface area contributed by atoms with Gasteiger partial charge in [0.25, 0.3) is 0 Å². The van der Waals surface area contributed by atoms with E-state index in [9.17, 15) is 5.11 Å². The van der Waals surface area contributed by atoms with Crippen LogP contribution in [0.25, 0.3) is 0 Å². The van der Waals surface area contributed by atoms with E-state index in [1.165, 1.54) is 5.56 Å². The number of hydrogen-bond acceptors (Lipinski definition) is 2. The Hall–Kier alpha value is -1.32. The summed E-state index contributed by atoms with van der Waals surface area (Å²) in [6, 6.07) is 12.0. The average Bonchev–Trinajstić information content (AvgIpc) is 2.89. The summed E-state index contributed by atoms with van der Waals surface area (Å²) in [5.41, 5.74) is 4.04. The lowest BCUT2D eigenvalue weighted by molar-refractivity contribution is 0.213. The Balaban J connectivity index is 2.07. The fraction of sp³-hybridized carbons (Fsp3) is 0.250. The number of halogens is 1. The normalized spacial score (nSPS) is 14.9. The van der Waals surface area contributed by atoms with Crippen molar-refractivity contribution in [1.82, 2.24) is 0 Å². The third-order valence-corrected chi connectivity index (χ3v) is 4.21. The van der Waals surface area contributed by atoms with Crippen LogP contribution in [0.1, 0.15) is 28.4 Å². The molecular weight excluding hydrogens is 304 g/mol. The SMILES string of the molecule is Cc1ccc(Br)c(C(O)c2cccc3c2OCC3)c1. The maximum absolute atomic E-state index is 10.7. The highest BCUT2D eigenvalue weighted by molar-refractivity contribution is 9.10. The van der Waals surface area contributed by atoms with Crippen LogP contribution in [-0.4, -0.2) is 11.7 Å². The molecule has 1 heterocycles. The van der Waals surface area contributed by atoms with Gasteiger partial charge in [0.2, 0.25) is 0 Å². The smallest absolute Gasteiger partial charge is 0.128 e. The summed E-state index contributed by atoms with van der Waals surface area (Å²) in [7, 11) is 0. The molecule has 19 heavy (non-hydrogen) atoms. The summed E-state index contributed by atoms with van der Waals surface area (Å²) >= 11 is 3.51. The van der Waals surface area contributed by atoms with Crippen LogP contribution >= 0.6 is 15.9 Å². The second-order valence-electron chi connectivity index (χ2n) is 4.86. The van der Waals surface area contributed by atoms with E-state index in [1.807, 2.05) is 37.3 Å². The molecule has 2 aromatic carbocycles. The summed E-state index contributed by atoms with van der Waals surface area (Å²) in [5, 5.41) is 10.7. The number of ether oxygens (including phenoxy) is 1. The van der Waals surface area contributed by atoms with Crippen LogP contribution in [0.2, 0.25) is 0 Å². The average molecular weight is 319 g/mol. The summed E-state index contributed by atoms with van der Waals surface area (Å²) in [6.07, 6.45) is 0.257. The van der Waals surface area contributed by atoms with Crippen LogP contribution in [0.15, 0.2) is 40.9 Å². The molecule has 2 nitrogen and oxygen atoms in total. The monoisotopic (exact) mass is 318 g/mol. The largest absolute Gasteiger partial charge is 0.493 e. The zero-order chi connectivity index (χ0) is 13.4. The number of rotatable bonds is 2. The number of benzene rings is 2. The lowest BCUT2D eigenvalue weighted by Crippen LogP contribution is -2.03. The van der Waals surface area contributed by atoms with Crippen LogP contribution in [0.5, 0.6) is 5.75 Å². The first-order valence-corrected chi connectivity index (χ1v) is 7.15. The number of aliphatic hydroxyl groups excluding tert-OH is 1. The number of hydrogen-bond donors (Lipinski definition) is 1. The fourth-order valence-corrected chi connectivity index (χ4v) is 2.96. The van der Waals surface area contributed by atoms with E-state index < -0.39 is 6.10 Å². The van der Waals surface area contributed by atoms with Crippen molar-refractivity contribution in [2.45, 2.75) is 19.4 Å². The molecule has 3 heteroatoms. The standard InChI is InChI=1S/C16H15BrO2/c1-10-5-6-14(17)13(9-10)15(18)12-4-2-3-11-7-8-19-16(11)12/h2-6,9,15,18H,7-8H2,1H3. The van der Waals surface area contributed by atoms with Gasteiger partial charge in [0.05, 0.1) is 6.61 Å². The molecule has 0 saturated carbocycles. The van der Waals surface area contributed by atoms with E-state index in [0.29, 0.717) is 6.61 Å². The van der Waals surface area contributed by atoms with Gasteiger partial charge in [0.1, 0.15) is 11.9 Å². The molecule has 0 aromatic heterocycles. The molecule has 1 atom stereocenters. The second-order valence-corrected chi connectivity index (χ2v) is 5.72. The van der Waals surface area contributed by atoms with E-state index in [2.05, 4.69) is 22.0 Å². The molecule has 1 N–H and O–H groups in total. The molecule has 2 aromatic rings. The van der Waals surface area contributed by atoms with E-state index in [-0.39, 0.29) is 0 Å². The van der Waals surface area contributed by atoms with Crippen molar-refractivity contribution in [2.24, 2.45) is 0 Å². The van der Waals surface area contributed by atoms with Crippen LogP contribution in [-0.2, 0) is 6.42 Å². The number of fused-ring (bicyclic) bond motifs is 1. The highest BCUT2D eigenvalue weighted by Gasteiger charge is 2.23. The van der Waals surface area contributed by atoms with Crippen molar-refractivity contribution in [2.75, 3.05) is 6.61 Å². The maximum atomic E-state index is 10.7. The predicted octanol–water partition coefficient (Wildman–Crippen LogP) is 3.77. The minimum absolute atomic E-state index is 0.665. The predicted molar refractivity (Wildman–Crippen MR) is 78.6 cm³/mol. The van der Waals surface area contributed by atoms with Crippen molar-refractivity contribution < 1.29 is 9.84 Å². The van der Waals surface area contributed by atoms with Crippen molar-refractivity contribution >= 4 is 15.9 Å². The van der Waals surface area contributed by atoms with Crippen molar-refractivity contribution in [1.29, 1.82) is 0 Å². The molecule has 1 aliphatic rings. The Morgan fingerprint density at radius 3 is 2.89 bits per heavy atom. The van der Waals surface area contributed by atoms with Gasteiger partial charge in [-0.15, -0.1) is 0 Å². The van der Waals surface area contributed by atoms with Crippen LogP contribution in [0, 0.1) is 6.92 Å². The van der Waals surface area contributed by atoms with E-state index in [1.54, 1.807) is 0 Å². The lowest BCUT2D eigenvalue weighted by Gasteiger charge is -2.17. The van der Waals surface area contributed by atoms with Crippen molar-refractivity contribution in [3.8, 4) is 5.75 Å². The molecule has 0 saturated heterocycles. The van der Waals surface area contributed by atoms with Gasteiger partial charge in [-0.1, -0.05) is 51.8 Å². The second kappa shape index (κ2) is 4.99. The Morgan fingerprint density at radius 1 is 1.21 bits per heavy atom. The molecule has 0 radical (unpaired) electrons. The highest BCUT2D eigenvalue weighted by Crippen LogP contribution is 2.38. The molecule has 0 bridgehead atoms. The summed E-state index contributed by atoms with van der Waals surface area (Å²) < 4.78 is 6.58. The first-order valence-electron chi connectivity index (χ1n) is 6.35. The van der Waals surface area contributed by atoms with E-state index in [0.717, 1.165) is 33.3 Å². The quantitative estimate of drug-likeness (QED) is 0.913. The molecule has 3 rings (SSSR count). The molecule has 98 valence electrons. The Bertz CT molecular complexity index is 622. The number of aryl methyl sites for hydroxylation is 1. The molecule has 0 aliphatic carbocycles. The van der Waals surface area contributed by atoms with Gasteiger partial charge >= 0.3 is 0 Å². The first-order chi connectivity index (χ1) is 9.16. The van der Waals surface area contributed by atoms with Gasteiger partial charge in [-0.05, 0) is 24.1 Å². The Labute approximate surface area is 121 Å². The molecule has 0 fully saturated rings. The van der Waals surface area contributed by atoms with Gasteiger partial charge in [-0.25, -0.2) is 0 Å². The van der Waals surface area contributed by atoms with Gasteiger partial charge in [-0.3, -0.25) is 0 Å². The van der Waals surface area contributed by atoms with Crippen LogP contribution < -0.4 is 4.74 Å². The molecule has 1 unspecified atom stereocenters. The van der Waals surface area contributed by atoms with Gasteiger partial charge in [-0.2, -0.15) is 0 Å². The third-order valence-electron chi connectivity index (χ3n) is 3.49. The summed E-state index contributed by atoms with van der Waals surface area (Å²) in [4.78, 5) is 0. The van der Waals surface area contributed by atoms with Crippen LogP contribution in [0.4, 0.5) is 0 Å². The molecular formula is C16H15BrO2. The van der Waals surface area contributed by atoms with E-state index >= 15 is 0 Å². The third kappa shape index (κ3) is 2.28. The minimum atomic E-state index is -0.665. The molecule has 0 amide bonds. The van der Waals surface area contributed by atoms with Gasteiger partial charge in [0.15, 0.2) is 0 Å². The van der Waals surface area contributed by atoms with Gasteiger partial charge in [0, 0.05) is 16.5 Å². The maximum Gasteiger partial charge on any atom is 0.128 e. The Morgan fingerprint density at radius 2 is 2.05 bits per heavy atom. The fourth-order valence-electron chi connectivity index (χ4n) is 2.50. The summed E-state index contributed by atoms with van der Waals surface area (Å²) in [6.45, 7) is 2.72. The minimum Gasteiger partial charge on any atom is -0.493 e. The van der Waals surface area contributed by atoms with Crippen molar-refractivity contribution in [3.05, 3.63) is 63.1 Å². The number of para-hydroxylation sites is 1. The zero-order valence-electron chi connectivity index (χ0n) is 10.7. The first kappa shape index (κ1) is 12.7. The molecule has 1 aliphatic heterocycles. The number of aliphatic hydroxyl groups is 1. The topological polar surface area (TPSA) is 29.5 Å².